The molecule has 1 aliphatic carbocycles. The largest absolute Gasteiger partial charge is 0.478 e. The lowest BCUT2D eigenvalue weighted by Crippen LogP contribution is -2.05. The molecule has 0 spiro atoms. The van der Waals surface area contributed by atoms with E-state index in [0.29, 0.717) is 17.5 Å². The number of Topliss-reactive ketones (excluding diaryl/α,β-unsaturated/α-hetero) is 1. The first-order valence-electron chi connectivity index (χ1n) is 4.50. The smallest absolute Gasteiger partial charge is 0.335 e. The van der Waals surface area contributed by atoms with Gasteiger partial charge in [0.2, 0.25) is 0 Å². The molecule has 2 rings (SSSR count). The van der Waals surface area contributed by atoms with E-state index >= 15 is 0 Å². The van der Waals surface area contributed by atoms with E-state index in [1.54, 1.807) is 19.1 Å². The molecule has 0 atom stereocenters. The molecule has 0 aromatic heterocycles. The van der Waals surface area contributed by atoms with Gasteiger partial charge in [0.05, 0.1) is 5.56 Å². The van der Waals surface area contributed by atoms with Gasteiger partial charge in [-0.15, -0.1) is 0 Å². The first kappa shape index (κ1) is 8.94. The van der Waals surface area contributed by atoms with Gasteiger partial charge in [0.15, 0.2) is 5.78 Å². The van der Waals surface area contributed by atoms with E-state index in [1.807, 2.05) is 0 Å². The number of carbonyl (C=O) groups is 2. The summed E-state index contributed by atoms with van der Waals surface area (Å²) in [5.41, 5.74) is 2.46. The van der Waals surface area contributed by atoms with Crippen molar-refractivity contribution in [2.24, 2.45) is 0 Å². The minimum atomic E-state index is -0.968. The second-order valence-corrected chi connectivity index (χ2v) is 3.50. The predicted octanol–water partition coefficient (Wildman–Crippen LogP) is 1.82. The van der Waals surface area contributed by atoms with Gasteiger partial charge in [0.25, 0.3) is 0 Å². The third kappa shape index (κ3) is 1.13. The van der Waals surface area contributed by atoms with Crippen molar-refractivity contribution in [3.63, 3.8) is 0 Å². The van der Waals surface area contributed by atoms with Crippen LogP contribution in [0.15, 0.2) is 12.1 Å². The number of benzene rings is 1. The van der Waals surface area contributed by atoms with Crippen molar-refractivity contribution in [3.05, 3.63) is 34.4 Å². The van der Waals surface area contributed by atoms with Crippen LogP contribution in [0.3, 0.4) is 0 Å². The predicted molar refractivity (Wildman–Crippen MR) is 50.8 cm³/mol. The molecule has 1 aliphatic rings. The van der Waals surface area contributed by atoms with Crippen LogP contribution in [-0.4, -0.2) is 16.9 Å². The summed E-state index contributed by atoms with van der Waals surface area (Å²) < 4.78 is 0. The highest BCUT2D eigenvalue weighted by atomic mass is 16.4. The molecule has 1 aromatic carbocycles. The molecule has 0 unspecified atom stereocenters. The Morgan fingerprint density at radius 2 is 2.07 bits per heavy atom. The van der Waals surface area contributed by atoms with Crippen LogP contribution in [0.1, 0.15) is 38.3 Å². The van der Waals surface area contributed by atoms with Gasteiger partial charge in [0, 0.05) is 12.0 Å². The summed E-state index contributed by atoms with van der Waals surface area (Å²) in [6.07, 6.45) is 1.26. The third-order valence-corrected chi connectivity index (χ3v) is 2.68. The van der Waals surface area contributed by atoms with Crippen LogP contribution in [0.2, 0.25) is 0 Å². The fourth-order valence-corrected chi connectivity index (χ4v) is 1.97. The van der Waals surface area contributed by atoms with Gasteiger partial charge in [-0.3, -0.25) is 4.79 Å². The van der Waals surface area contributed by atoms with Crippen LogP contribution in [0.4, 0.5) is 0 Å². The van der Waals surface area contributed by atoms with Crippen molar-refractivity contribution in [2.75, 3.05) is 0 Å². The normalized spacial score (nSPS) is 14.2. The SMILES string of the molecule is Cc1c(C(=O)O)ccc2c1C(=O)CC2. The van der Waals surface area contributed by atoms with Gasteiger partial charge < -0.3 is 5.11 Å². The zero-order valence-electron chi connectivity index (χ0n) is 7.83. The third-order valence-electron chi connectivity index (χ3n) is 2.68. The average Bonchev–Trinajstić information content (AvgIpc) is 2.48. The summed E-state index contributed by atoms with van der Waals surface area (Å²) in [7, 11) is 0. The average molecular weight is 190 g/mol. The molecule has 0 aliphatic heterocycles. The molecule has 3 heteroatoms. The highest BCUT2D eigenvalue weighted by Gasteiger charge is 2.24. The number of fused-ring (bicyclic) bond motifs is 1. The summed E-state index contributed by atoms with van der Waals surface area (Å²) in [5.74, 6) is -0.898. The number of aryl methyl sites for hydroxylation is 1. The lowest BCUT2D eigenvalue weighted by Gasteiger charge is -2.05. The lowest BCUT2D eigenvalue weighted by atomic mass is 9.98. The van der Waals surface area contributed by atoms with Crippen LogP contribution >= 0.6 is 0 Å². The van der Waals surface area contributed by atoms with Crippen molar-refractivity contribution in [1.82, 2.24) is 0 Å². The molecule has 0 heterocycles. The van der Waals surface area contributed by atoms with E-state index < -0.39 is 5.97 Å². The summed E-state index contributed by atoms with van der Waals surface area (Å²) in [4.78, 5) is 22.3. The molecule has 72 valence electrons. The maximum Gasteiger partial charge on any atom is 0.335 e. The van der Waals surface area contributed by atoms with Crippen LogP contribution in [-0.2, 0) is 6.42 Å². The maximum absolute atomic E-state index is 11.5. The highest BCUT2D eigenvalue weighted by molar-refractivity contribution is 6.04. The van der Waals surface area contributed by atoms with E-state index in [1.165, 1.54) is 0 Å². The number of aromatic carboxylic acids is 1. The van der Waals surface area contributed by atoms with Crippen molar-refractivity contribution in [3.8, 4) is 0 Å². The standard InChI is InChI=1S/C11H10O3/c1-6-8(11(13)14)4-2-7-3-5-9(12)10(6)7/h2,4H,3,5H2,1H3,(H,13,14). The van der Waals surface area contributed by atoms with E-state index in [9.17, 15) is 9.59 Å². The maximum atomic E-state index is 11.5. The van der Waals surface area contributed by atoms with Crippen molar-refractivity contribution in [2.45, 2.75) is 19.8 Å². The molecule has 0 bridgehead atoms. The number of carbonyl (C=O) groups excluding carboxylic acids is 1. The number of carboxylic acid groups (broad SMARTS) is 1. The summed E-state index contributed by atoms with van der Waals surface area (Å²) in [6.45, 7) is 1.70. The fraction of sp³-hybridized carbons (Fsp3) is 0.273. The number of hydrogen-bond acceptors (Lipinski definition) is 2. The van der Waals surface area contributed by atoms with E-state index in [0.717, 1.165) is 12.0 Å². The number of ketones is 1. The van der Waals surface area contributed by atoms with Gasteiger partial charge in [-0.05, 0) is 30.5 Å². The molecule has 14 heavy (non-hydrogen) atoms. The monoisotopic (exact) mass is 190 g/mol. The van der Waals surface area contributed by atoms with E-state index in [2.05, 4.69) is 0 Å². The number of hydrogen-bond donors (Lipinski definition) is 1. The quantitative estimate of drug-likeness (QED) is 0.734. The Balaban J connectivity index is 2.67. The van der Waals surface area contributed by atoms with Crippen LogP contribution in [0.5, 0.6) is 0 Å². The molecule has 0 fully saturated rings. The van der Waals surface area contributed by atoms with Gasteiger partial charge in [0.1, 0.15) is 0 Å². The fourth-order valence-electron chi connectivity index (χ4n) is 1.97. The Morgan fingerprint density at radius 3 is 2.71 bits per heavy atom. The van der Waals surface area contributed by atoms with Crippen LogP contribution in [0, 0.1) is 6.92 Å². The van der Waals surface area contributed by atoms with Gasteiger partial charge in [-0.2, -0.15) is 0 Å². The summed E-state index contributed by atoms with van der Waals surface area (Å²) in [6, 6.07) is 3.33. The molecule has 0 saturated heterocycles. The molecular weight excluding hydrogens is 180 g/mol. The molecule has 0 saturated carbocycles. The first-order chi connectivity index (χ1) is 6.61. The second-order valence-electron chi connectivity index (χ2n) is 3.50. The summed E-state index contributed by atoms with van der Waals surface area (Å²) >= 11 is 0. The van der Waals surface area contributed by atoms with Gasteiger partial charge >= 0.3 is 5.97 Å². The Hall–Kier alpha value is -1.64. The highest BCUT2D eigenvalue weighted by Crippen LogP contribution is 2.27. The molecular formula is C11H10O3. The number of carboxylic acids is 1. The Bertz CT molecular complexity index is 432. The van der Waals surface area contributed by atoms with Crippen LogP contribution < -0.4 is 0 Å². The Labute approximate surface area is 81.4 Å². The first-order valence-corrected chi connectivity index (χ1v) is 4.50. The van der Waals surface area contributed by atoms with E-state index in [4.69, 9.17) is 5.11 Å². The molecule has 3 nitrogen and oxygen atoms in total. The minimum absolute atomic E-state index is 0.0700. The molecule has 0 radical (unpaired) electrons. The Kier molecular flexibility index (Phi) is 1.88. The minimum Gasteiger partial charge on any atom is -0.478 e. The lowest BCUT2D eigenvalue weighted by molar-refractivity contribution is 0.0696. The Morgan fingerprint density at radius 1 is 1.36 bits per heavy atom. The zero-order chi connectivity index (χ0) is 10.3. The summed E-state index contributed by atoms with van der Waals surface area (Å²) in [5, 5.41) is 8.87. The van der Waals surface area contributed by atoms with Crippen molar-refractivity contribution in [1.29, 1.82) is 0 Å². The van der Waals surface area contributed by atoms with E-state index in [-0.39, 0.29) is 11.3 Å². The van der Waals surface area contributed by atoms with Crippen molar-refractivity contribution >= 4 is 11.8 Å². The molecule has 1 N–H and O–H groups in total. The van der Waals surface area contributed by atoms with Crippen molar-refractivity contribution < 1.29 is 14.7 Å². The zero-order valence-corrected chi connectivity index (χ0v) is 7.83. The molecule has 0 amide bonds. The van der Waals surface area contributed by atoms with Gasteiger partial charge in [-0.25, -0.2) is 4.79 Å². The molecule has 1 aromatic rings. The topological polar surface area (TPSA) is 54.4 Å². The second kappa shape index (κ2) is 2.94. The van der Waals surface area contributed by atoms with Crippen LogP contribution in [0.25, 0.3) is 0 Å². The van der Waals surface area contributed by atoms with Gasteiger partial charge in [-0.1, -0.05) is 6.07 Å². The number of rotatable bonds is 1.